The number of nitrogens with zero attached hydrogens (tertiary/aromatic N) is 3. The smallest absolute Gasteiger partial charge is 0.363 e. The Kier molecular flexibility index (Phi) is 4.76. The number of carbonyl (C=O) groups is 2. The summed E-state index contributed by atoms with van der Waals surface area (Å²) in [6.07, 6.45) is -3.23. The van der Waals surface area contributed by atoms with Crippen molar-refractivity contribution < 1.29 is 22.8 Å². The zero-order valence-electron chi connectivity index (χ0n) is 12.7. The monoisotopic (exact) mass is 330 g/mol. The van der Waals surface area contributed by atoms with Gasteiger partial charge in [-0.3, -0.25) is 9.59 Å². The molecule has 0 radical (unpaired) electrons. The summed E-state index contributed by atoms with van der Waals surface area (Å²) < 4.78 is 37.1. The first-order chi connectivity index (χ1) is 10.7. The molecule has 0 saturated carbocycles. The fraction of sp³-hybridized carbons (Fsp3) is 0.500. The molecule has 0 bridgehead atoms. The van der Waals surface area contributed by atoms with E-state index in [1.165, 1.54) is 6.20 Å². The van der Waals surface area contributed by atoms with Crippen LogP contribution < -0.4 is 10.2 Å². The molecule has 1 aliphatic rings. The number of hydrogen-bond acceptors (Lipinski definition) is 4. The Morgan fingerprint density at radius 2 is 2.13 bits per heavy atom. The van der Waals surface area contributed by atoms with E-state index in [4.69, 9.17) is 0 Å². The third-order valence-corrected chi connectivity index (χ3v) is 3.43. The number of hydrogen-bond donors (Lipinski definition) is 1. The molecule has 2 heterocycles. The molecule has 23 heavy (non-hydrogen) atoms. The van der Waals surface area contributed by atoms with E-state index in [0.717, 1.165) is 0 Å². The lowest BCUT2D eigenvalue weighted by Gasteiger charge is -2.18. The van der Waals surface area contributed by atoms with E-state index in [1.807, 2.05) is 14.1 Å². The van der Waals surface area contributed by atoms with Crippen LogP contribution >= 0.6 is 0 Å². The Balaban J connectivity index is 1.95. The quantitative estimate of drug-likeness (QED) is 0.909. The SMILES string of the molecule is CN(C)c1ccc(NC(=O)[C@@H]2CC(=O)N(CC(F)(F)F)C2)cn1. The highest BCUT2D eigenvalue weighted by Crippen LogP contribution is 2.24. The van der Waals surface area contributed by atoms with Gasteiger partial charge in [-0.2, -0.15) is 13.2 Å². The Hall–Kier alpha value is -2.32. The van der Waals surface area contributed by atoms with E-state index in [9.17, 15) is 22.8 Å². The number of amides is 2. The predicted octanol–water partition coefficient (Wildman–Crippen LogP) is 1.50. The van der Waals surface area contributed by atoms with Gasteiger partial charge in [-0.25, -0.2) is 4.98 Å². The van der Waals surface area contributed by atoms with E-state index in [1.54, 1.807) is 17.0 Å². The third-order valence-electron chi connectivity index (χ3n) is 3.43. The van der Waals surface area contributed by atoms with Crippen LogP contribution in [0.25, 0.3) is 0 Å². The number of nitrogens with one attached hydrogen (secondary N) is 1. The van der Waals surface area contributed by atoms with Crippen molar-refractivity contribution in [3.05, 3.63) is 18.3 Å². The van der Waals surface area contributed by atoms with Crippen LogP contribution in [0.1, 0.15) is 6.42 Å². The molecule has 0 spiro atoms. The highest BCUT2D eigenvalue weighted by Gasteiger charge is 2.40. The van der Waals surface area contributed by atoms with E-state index >= 15 is 0 Å². The number of likely N-dealkylation sites (tertiary alicyclic amines) is 1. The lowest BCUT2D eigenvalue weighted by molar-refractivity contribution is -0.157. The van der Waals surface area contributed by atoms with Crippen LogP contribution in [0.2, 0.25) is 0 Å². The highest BCUT2D eigenvalue weighted by atomic mass is 19.4. The molecule has 2 amide bonds. The van der Waals surface area contributed by atoms with Crippen molar-refractivity contribution in [2.45, 2.75) is 12.6 Å². The van der Waals surface area contributed by atoms with Crippen LogP contribution in [0.3, 0.4) is 0 Å². The minimum Gasteiger partial charge on any atom is -0.363 e. The van der Waals surface area contributed by atoms with Gasteiger partial charge in [-0.15, -0.1) is 0 Å². The summed E-state index contributed by atoms with van der Waals surface area (Å²) in [6, 6.07) is 3.34. The molecule has 1 saturated heterocycles. The van der Waals surface area contributed by atoms with Gasteiger partial charge in [0.15, 0.2) is 0 Å². The first kappa shape index (κ1) is 17.0. The molecule has 1 fully saturated rings. The highest BCUT2D eigenvalue weighted by molar-refractivity contribution is 5.97. The lowest BCUT2D eigenvalue weighted by Crippen LogP contribution is -2.36. The second-order valence-electron chi connectivity index (χ2n) is 5.58. The van der Waals surface area contributed by atoms with Gasteiger partial charge in [0.1, 0.15) is 12.4 Å². The van der Waals surface area contributed by atoms with E-state index in [-0.39, 0.29) is 13.0 Å². The third kappa shape index (κ3) is 4.57. The molecule has 1 atom stereocenters. The summed E-state index contributed by atoms with van der Waals surface area (Å²) in [5.74, 6) is -1.24. The van der Waals surface area contributed by atoms with E-state index in [2.05, 4.69) is 10.3 Å². The molecule has 1 aliphatic heterocycles. The first-order valence-electron chi connectivity index (χ1n) is 6.94. The molecule has 6 nitrogen and oxygen atoms in total. The fourth-order valence-electron chi connectivity index (χ4n) is 2.29. The number of halogens is 3. The Morgan fingerprint density at radius 3 is 2.65 bits per heavy atom. The minimum absolute atomic E-state index is 0.217. The minimum atomic E-state index is -4.47. The Morgan fingerprint density at radius 1 is 1.43 bits per heavy atom. The molecule has 1 aromatic rings. The second-order valence-corrected chi connectivity index (χ2v) is 5.58. The molecule has 0 aromatic carbocycles. The molecule has 126 valence electrons. The number of aromatic nitrogens is 1. The average molecular weight is 330 g/mol. The second kappa shape index (κ2) is 6.43. The van der Waals surface area contributed by atoms with Crippen molar-refractivity contribution in [3.8, 4) is 0 Å². The van der Waals surface area contributed by atoms with E-state index < -0.39 is 30.5 Å². The Labute approximate surface area is 131 Å². The summed E-state index contributed by atoms with van der Waals surface area (Å²) >= 11 is 0. The molecule has 9 heteroatoms. The van der Waals surface area contributed by atoms with Gasteiger partial charge in [-0.05, 0) is 12.1 Å². The van der Waals surface area contributed by atoms with Crippen LogP contribution in [0.4, 0.5) is 24.7 Å². The van der Waals surface area contributed by atoms with Crippen molar-refractivity contribution in [3.63, 3.8) is 0 Å². The van der Waals surface area contributed by atoms with Crippen LogP contribution in [0, 0.1) is 5.92 Å². The number of alkyl halides is 3. The predicted molar refractivity (Wildman–Crippen MR) is 77.9 cm³/mol. The summed E-state index contributed by atoms with van der Waals surface area (Å²) in [6.45, 7) is -1.55. The zero-order chi connectivity index (χ0) is 17.2. The number of pyridine rings is 1. The average Bonchev–Trinajstić information content (AvgIpc) is 2.79. The van der Waals surface area contributed by atoms with Crippen molar-refractivity contribution in [1.29, 1.82) is 0 Å². The first-order valence-corrected chi connectivity index (χ1v) is 6.94. The summed E-state index contributed by atoms with van der Waals surface area (Å²) in [4.78, 5) is 30.2. The fourth-order valence-corrected chi connectivity index (χ4v) is 2.29. The van der Waals surface area contributed by atoms with Crippen molar-refractivity contribution in [1.82, 2.24) is 9.88 Å². The number of anilines is 2. The van der Waals surface area contributed by atoms with Crippen molar-refractivity contribution in [2.24, 2.45) is 5.92 Å². The van der Waals surface area contributed by atoms with Gasteiger partial charge in [0.25, 0.3) is 0 Å². The maximum atomic E-state index is 12.4. The lowest BCUT2D eigenvalue weighted by atomic mass is 10.1. The summed E-state index contributed by atoms with van der Waals surface area (Å²) in [7, 11) is 3.64. The van der Waals surface area contributed by atoms with Crippen molar-refractivity contribution in [2.75, 3.05) is 37.4 Å². The number of carbonyl (C=O) groups excluding carboxylic acids is 2. The van der Waals surface area contributed by atoms with E-state index in [0.29, 0.717) is 16.4 Å². The maximum Gasteiger partial charge on any atom is 0.406 e. The standard InChI is InChI=1S/C14H17F3N4O2/c1-20(2)11-4-3-10(6-18-11)19-13(23)9-5-12(22)21(7-9)8-14(15,16)17/h3-4,6,9H,5,7-8H2,1-2H3,(H,19,23)/t9-/m1/s1. The summed E-state index contributed by atoms with van der Waals surface area (Å²) in [5.41, 5.74) is 0.433. The molecular weight excluding hydrogens is 313 g/mol. The largest absolute Gasteiger partial charge is 0.406 e. The maximum absolute atomic E-state index is 12.4. The zero-order valence-corrected chi connectivity index (χ0v) is 12.7. The summed E-state index contributed by atoms with van der Waals surface area (Å²) in [5, 5.41) is 2.57. The van der Waals surface area contributed by atoms with Crippen LogP contribution in [0.5, 0.6) is 0 Å². The molecule has 2 rings (SSSR count). The topological polar surface area (TPSA) is 65.5 Å². The molecular formula is C14H17F3N4O2. The number of rotatable bonds is 4. The van der Waals surface area contributed by atoms with Crippen molar-refractivity contribution >= 4 is 23.3 Å². The molecule has 0 aliphatic carbocycles. The van der Waals surface area contributed by atoms with Gasteiger partial charge in [-0.1, -0.05) is 0 Å². The molecule has 1 aromatic heterocycles. The van der Waals surface area contributed by atoms with Gasteiger partial charge >= 0.3 is 6.18 Å². The molecule has 1 N–H and O–H groups in total. The van der Waals surface area contributed by atoms with Crippen LogP contribution in [-0.2, 0) is 9.59 Å². The molecule has 0 unspecified atom stereocenters. The van der Waals surface area contributed by atoms with Gasteiger partial charge < -0.3 is 15.1 Å². The van der Waals surface area contributed by atoms with Crippen LogP contribution in [0.15, 0.2) is 18.3 Å². The van der Waals surface area contributed by atoms with Gasteiger partial charge in [0, 0.05) is 27.1 Å². The van der Waals surface area contributed by atoms with Crippen LogP contribution in [-0.4, -0.2) is 55.1 Å². The Bertz CT molecular complexity index is 587. The van der Waals surface area contributed by atoms with Gasteiger partial charge in [0.05, 0.1) is 17.8 Å². The normalized spacial score (nSPS) is 18.2. The van der Waals surface area contributed by atoms with Gasteiger partial charge in [0.2, 0.25) is 11.8 Å².